The smallest absolute Gasteiger partial charge is 0.120 e. The fourth-order valence-electron chi connectivity index (χ4n) is 2.50. The molecule has 2 heteroatoms. The van der Waals surface area contributed by atoms with Crippen molar-refractivity contribution in [1.29, 1.82) is 0 Å². The van der Waals surface area contributed by atoms with Crippen LogP contribution < -0.4 is 10.1 Å². The Kier molecular flexibility index (Phi) is 3.32. The molecule has 2 fully saturated rings. The van der Waals surface area contributed by atoms with Gasteiger partial charge in [-0.2, -0.15) is 0 Å². The van der Waals surface area contributed by atoms with Crippen LogP contribution in [0.3, 0.4) is 0 Å². The molecule has 1 saturated heterocycles. The maximum absolute atomic E-state index is 5.86. The maximum Gasteiger partial charge on any atom is 0.120 e. The van der Waals surface area contributed by atoms with Gasteiger partial charge in [0.15, 0.2) is 0 Å². The van der Waals surface area contributed by atoms with Crippen LogP contribution in [-0.2, 0) is 0 Å². The molecule has 1 aliphatic heterocycles. The zero-order chi connectivity index (χ0) is 11.5. The van der Waals surface area contributed by atoms with Gasteiger partial charge in [-0.25, -0.2) is 0 Å². The molecule has 1 N–H and O–H groups in total. The molecule has 2 nitrogen and oxygen atoms in total. The van der Waals surface area contributed by atoms with E-state index in [0.29, 0.717) is 12.1 Å². The molecule has 1 heterocycles. The lowest BCUT2D eigenvalue weighted by molar-refractivity contribution is 0.302. The van der Waals surface area contributed by atoms with Gasteiger partial charge in [-0.05, 0) is 49.9 Å². The van der Waals surface area contributed by atoms with Gasteiger partial charge in [-0.1, -0.05) is 25.0 Å². The van der Waals surface area contributed by atoms with Gasteiger partial charge in [-0.3, -0.25) is 0 Å². The Labute approximate surface area is 103 Å². The summed E-state index contributed by atoms with van der Waals surface area (Å²) in [4.78, 5) is 0. The summed E-state index contributed by atoms with van der Waals surface area (Å²) in [5.74, 6) is 1.05. The van der Waals surface area contributed by atoms with E-state index < -0.39 is 0 Å². The molecule has 0 aromatic heterocycles. The summed E-state index contributed by atoms with van der Waals surface area (Å²) in [6.45, 7) is 1.15. The number of benzene rings is 1. The summed E-state index contributed by atoms with van der Waals surface area (Å²) >= 11 is 0. The molecule has 1 unspecified atom stereocenters. The summed E-state index contributed by atoms with van der Waals surface area (Å²) in [5, 5.41) is 3.64. The second-order valence-corrected chi connectivity index (χ2v) is 5.25. The molecule has 1 aliphatic carbocycles. The molecule has 1 aromatic carbocycles. The molecule has 1 atom stereocenters. The Hall–Kier alpha value is -1.02. The van der Waals surface area contributed by atoms with Crippen LogP contribution in [0.2, 0.25) is 0 Å². The van der Waals surface area contributed by atoms with Gasteiger partial charge in [0.1, 0.15) is 5.75 Å². The van der Waals surface area contributed by atoms with Crippen molar-refractivity contribution in [2.45, 2.75) is 50.7 Å². The van der Waals surface area contributed by atoms with E-state index in [-0.39, 0.29) is 0 Å². The Morgan fingerprint density at radius 2 is 2.00 bits per heavy atom. The second kappa shape index (κ2) is 5.09. The van der Waals surface area contributed by atoms with Crippen LogP contribution in [0, 0.1) is 0 Å². The van der Waals surface area contributed by atoms with E-state index in [4.69, 9.17) is 4.74 Å². The maximum atomic E-state index is 5.86. The number of ether oxygens (including phenoxy) is 1. The van der Waals surface area contributed by atoms with Crippen LogP contribution in [0.25, 0.3) is 0 Å². The molecule has 1 aromatic rings. The summed E-state index contributed by atoms with van der Waals surface area (Å²) in [6, 6.07) is 9.18. The monoisotopic (exact) mass is 231 g/mol. The Balaban J connectivity index is 1.71. The first kappa shape index (κ1) is 11.1. The highest BCUT2D eigenvalue weighted by atomic mass is 16.5. The highest BCUT2D eigenvalue weighted by molar-refractivity contribution is 5.31. The van der Waals surface area contributed by atoms with Gasteiger partial charge in [0.05, 0.1) is 6.10 Å². The summed E-state index contributed by atoms with van der Waals surface area (Å²) in [6.07, 6.45) is 8.22. The topological polar surface area (TPSA) is 21.3 Å². The van der Waals surface area contributed by atoms with Crippen LogP contribution >= 0.6 is 0 Å². The van der Waals surface area contributed by atoms with E-state index in [1.807, 2.05) is 0 Å². The van der Waals surface area contributed by atoms with Crippen LogP contribution in [-0.4, -0.2) is 12.6 Å². The minimum absolute atomic E-state index is 0.493. The number of hydrogen-bond acceptors (Lipinski definition) is 2. The van der Waals surface area contributed by atoms with Gasteiger partial charge in [0.2, 0.25) is 0 Å². The Morgan fingerprint density at radius 3 is 2.88 bits per heavy atom. The lowest BCUT2D eigenvalue weighted by Gasteiger charge is -2.17. The van der Waals surface area contributed by atoms with E-state index in [1.54, 1.807) is 0 Å². The molecule has 1 saturated carbocycles. The van der Waals surface area contributed by atoms with Gasteiger partial charge >= 0.3 is 0 Å². The first-order chi connectivity index (χ1) is 8.42. The third kappa shape index (κ3) is 3.01. The molecular formula is C15H21NO. The van der Waals surface area contributed by atoms with Gasteiger partial charge in [0, 0.05) is 6.04 Å². The average molecular weight is 231 g/mol. The van der Waals surface area contributed by atoms with Crippen molar-refractivity contribution in [3.05, 3.63) is 29.8 Å². The molecule has 0 amide bonds. The molecule has 2 aliphatic rings. The lowest BCUT2D eigenvalue weighted by atomic mass is 10.0. The Morgan fingerprint density at radius 1 is 1.06 bits per heavy atom. The van der Waals surface area contributed by atoms with E-state index in [0.717, 1.165) is 12.3 Å². The molecule has 0 bridgehead atoms. The average Bonchev–Trinajstić information content (AvgIpc) is 3.15. The highest BCUT2D eigenvalue weighted by Gasteiger charge is 2.23. The predicted octanol–water partition coefficient (Wildman–Crippen LogP) is 3.43. The van der Waals surface area contributed by atoms with E-state index in [1.165, 1.54) is 44.1 Å². The van der Waals surface area contributed by atoms with Gasteiger partial charge in [0.25, 0.3) is 0 Å². The van der Waals surface area contributed by atoms with Crippen molar-refractivity contribution < 1.29 is 4.74 Å². The number of rotatable bonds is 3. The fourth-order valence-corrected chi connectivity index (χ4v) is 2.50. The number of nitrogens with one attached hydrogen (secondary N) is 1. The first-order valence-corrected chi connectivity index (χ1v) is 6.92. The van der Waals surface area contributed by atoms with Crippen molar-refractivity contribution >= 4 is 0 Å². The van der Waals surface area contributed by atoms with Crippen LogP contribution in [0.15, 0.2) is 24.3 Å². The third-order valence-electron chi connectivity index (χ3n) is 3.65. The summed E-state index contributed by atoms with van der Waals surface area (Å²) in [7, 11) is 0. The van der Waals surface area contributed by atoms with Crippen LogP contribution in [0.1, 0.15) is 50.1 Å². The van der Waals surface area contributed by atoms with Gasteiger partial charge in [-0.15, -0.1) is 0 Å². The van der Waals surface area contributed by atoms with E-state index >= 15 is 0 Å². The predicted molar refractivity (Wildman–Crippen MR) is 69.3 cm³/mol. The second-order valence-electron chi connectivity index (χ2n) is 5.25. The molecule has 0 spiro atoms. The van der Waals surface area contributed by atoms with E-state index in [2.05, 4.69) is 29.6 Å². The van der Waals surface area contributed by atoms with Crippen LogP contribution in [0.4, 0.5) is 0 Å². The summed E-state index contributed by atoms with van der Waals surface area (Å²) < 4.78 is 5.86. The van der Waals surface area contributed by atoms with Crippen molar-refractivity contribution in [2.24, 2.45) is 0 Å². The van der Waals surface area contributed by atoms with E-state index in [9.17, 15) is 0 Å². The zero-order valence-electron chi connectivity index (χ0n) is 10.3. The van der Waals surface area contributed by atoms with Gasteiger partial charge < -0.3 is 10.1 Å². The minimum Gasteiger partial charge on any atom is -0.490 e. The third-order valence-corrected chi connectivity index (χ3v) is 3.65. The molecule has 0 radical (unpaired) electrons. The lowest BCUT2D eigenvalue weighted by Crippen LogP contribution is -2.20. The van der Waals surface area contributed by atoms with Crippen molar-refractivity contribution in [1.82, 2.24) is 5.32 Å². The largest absolute Gasteiger partial charge is 0.490 e. The van der Waals surface area contributed by atoms with Crippen molar-refractivity contribution in [2.75, 3.05) is 6.54 Å². The van der Waals surface area contributed by atoms with Crippen molar-refractivity contribution in [3.63, 3.8) is 0 Å². The van der Waals surface area contributed by atoms with Crippen molar-refractivity contribution in [3.8, 4) is 5.75 Å². The highest BCUT2D eigenvalue weighted by Crippen LogP contribution is 2.30. The SMILES string of the molecule is c1cc(OC2CC2)cc(C2CCCCCN2)c1. The number of hydrogen-bond donors (Lipinski definition) is 1. The zero-order valence-corrected chi connectivity index (χ0v) is 10.3. The molecule has 3 rings (SSSR count). The normalized spacial score (nSPS) is 25.3. The standard InChI is InChI=1S/C15H21NO/c1-2-7-15(16-10-3-1)12-5-4-6-14(11-12)17-13-8-9-13/h4-6,11,13,15-16H,1-3,7-10H2. The Bertz CT molecular complexity index is 365. The fraction of sp³-hybridized carbons (Fsp3) is 0.600. The summed E-state index contributed by atoms with van der Waals surface area (Å²) in [5.41, 5.74) is 1.39. The molecule has 92 valence electrons. The quantitative estimate of drug-likeness (QED) is 0.860. The van der Waals surface area contributed by atoms with Crippen LogP contribution in [0.5, 0.6) is 5.75 Å². The molecular weight excluding hydrogens is 210 g/mol. The minimum atomic E-state index is 0.493. The first-order valence-electron chi connectivity index (χ1n) is 6.92. The molecule has 17 heavy (non-hydrogen) atoms.